The molecule has 0 aliphatic rings. The summed E-state index contributed by atoms with van der Waals surface area (Å²) in [5.74, 6) is -1.38. The van der Waals surface area contributed by atoms with E-state index in [0.717, 1.165) is 22.0 Å². The maximum atomic E-state index is 12.4. The number of amides is 1. The Bertz CT molecular complexity index is 1080. The molecule has 7 heteroatoms. The number of aromatic amines is 1. The molecule has 30 heavy (non-hydrogen) atoms. The van der Waals surface area contributed by atoms with Crippen LogP contribution in [0, 0.1) is 0 Å². The number of fused-ring (bicyclic) bond motifs is 1. The van der Waals surface area contributed by atoms with Crippen LogP contribution in [0.4, 0.5) is 0 Å². The Hall–Kier alpha value is -3.87. The molecule has 0 bridgehead atoms. The van der Waals surface area contributed by atoms with E-state index in [2.05, 4.69) is 15.0 Å². The molecule has 1 aromatic heterocycles. The summed E-state index contributed by atoms with van der Waals surface area (Å²) >= 11 is 0. The Labute approximate surface area is 173 Å². The van der Waals surface area contributed by atoms with Gasteiger partial charge in [-0.25, -0.2) is 9.59 Å². The zero-order valence-electron chi connectivity index (χ0n) is 16.7. The van der Waals surface area contributed by atoms with Gasteiger partial charge in [-0.3, -0.25) is 4.79 Å². The van der Waals surface area contributed by atoms with Crippen LogP contribution >= 0.6 is 0 Å². The number of aromatic nitrogens is 1. The van der Waals surface area contributed by atoms with Gasteiger partial charge < -0.3 is 19.8 Å². The van der Waals surface area contributed by atoms with Crippen molar-refractivity contribution in [1.82, 2.24) is 10.3 Å². The van der Waals surface area contributed by atoms with Crippen LogP contribution in [-0.4, -0.2) is 43.1 Å². The normalized spacial score (nSPS) is 11.9. The highest BCUT2D eigenvalue weighted by Crippen LogP contribution is 2.19. The highest BCUT2D eigenvalue weighted by atomic mass is 16.5. The van der Waals surface area contributed by atoms with E-state index < -0.39 is 23.9 Å². The van der Waals surface area contributed by atoms with Crippen molar-refractivity contribution < 1.29 is 23.9 Å². The summed E-state index contributed by atoms with van der Waals surface area (Å²) < 4.78 is 9.51. The molecule has 1 heterocycles. The van der Waals surface area contributed by atoms with Gasteiger partial charge in [-0.2, -0.15) is 0 Å². The molecular formula is C23H22N2O5. The monoisotopic (exact) mass is 406 g/mol. The first-order valence-electron chi connectivity index (χ1n) is 9.31. The van der Waals surface area contributed by atoms with E-state index in [1.54, 1.807) is 30.3 Å². The minimum Gasteiger partial charge on any atom is -0.467 e. The highest BCUT2D eigenvalue weighted by molar-refractivity contribution is 5.95. The molecule has 1 atom stereocenters. The minimum absolute atomic E-state index is 0.296. The van der Waals surface area contributed by atoms with Gasteiger partial charge in [0.2, 0.25) is 5.91 Å². The third kappa shape index (κ3) is 4.94. The summed E-state index contributed by atoms with van der Waals surface area (Å²) in [6.07, 6.45) is 5.05. The van der Waals surface area contributed by atoms with Gasteiger partial charge in [0.15, 0.2) is 0 Å². The molecule has 154 valence electrons. The molecule has 2 aromatic carbocycles. The van der Waals surface area contributed by atoms with E-state index in [4.69, 9.17) is 4.74 Å². The quantitative estimate of drug-likeness (QED) is 0.465. The van der Waals surface area contributed by atoms with Crippen molar-refractivity contribution in [2.24, 2.45) is 0 Å². The van der Waals surface area contributed by atoms with Crippen LogP contribution < -0.4 is 5.32 Å². The van der Waals surface area contributed by atoms with Crippen molar-refractivity contribution in [1.29, 1.82) is 0 Å². The zero-order valence-corrected chi connectivity index (χ0v) is 16.7. The van der Waals surface area contributed by atoms with E-state index >= 15 is 0 Å². The Balaban J connectivity index is 1.68. The number of carbonyl (C=O) groups is 3. The second-order valence-corrected chi connectivity index (χ2v) is 6.59. The van der Waals surface area contributed by atoms with Gasteiger partial charge in [-0.1, -0.05) is 30.3 Å². The molecule has 0 saturated carbocycles. The summed E-state index contributed by atoms with van der Waals surface area (Å²) in [5, 5.41) is 3.68. The number of rotatable bonds is 7. The predicted octanol–water partition coefficient (Wildman–Crippen LogP) is 2.87. The van der Waals surface area contributed by atoms with Crippen molar-refractivity contribution in [3.8, 4) is 0 Å². The summed E-state index contributed by atoms with van der Waals surface area (Å²) in [6, 6.07) is 13.5. The van der Waals surface area contributed by atoms with Gasteiger partial charge in [-0.15, -0.1) is 0 Å². The van der Waals surface area contributed by atoms with Gasteiger partial charge in [0, 0.05) is 29.6 Å². The first-order chi connectivity index (χ1) is 14.5. The van der Waals surface area contributed by atoms with E-state index in [1.165, 1.54) is 20.3 Å². The number of carbonyl (C=O) groups excluding carboxylic acids is 3. The number of para-hydroxylation sites is 1. The molecule has 3 aromatic rings. The van der Waals surface area contributed by atoms with Gasteiger partial charge in [-0.05, 0) is 35.4 Å². The molecule has 3 rings (SSSR count). The maximum Gasteiger partial charge on any atom is 0.337 e. The summed E-state index contributed by atoms with van der Waals surface area (Å²) in [4.78, 5) is 39.2. The first-order valence-corrected chi connectivity index (χ1v) is 9.31. The van der Waals surface area contributed by atoms with E-state index in [9.17, 15) is 14.4 Å². The number of esters is 2. The van der Waals surface area contributed by atoms with Crippen molar-refractivity contribution in [2.75, 3.05) is 14.2 Å². The third-order valence-electron chi connectivity index (χ3n) is 4.66. The van der Waals surface area contributed by atoms with Crippen molar-refractivity contribution in [3.05, 3.63) is 77.5 Å². The van der Waals surface area contributed by atoms with Gasteiger partial charge in [0.05, 0.1) is 19.8 Å². The third-order valence-corrected chi connectivity index (χ3v) is 4.66. The lowest BCUT2D eigenvalue weighted by molar-refractivity contribution is -0.144. The average molecular weight is 406 g/mol. The molecule has 0 aliphatic heterocycles. The lowest BCUT2D eigenvalue weighted by atomic mass is 10.0. The molecule has 0 radical (unpaired) electrons. The standard InChI is InChI=1S/C23H22N2O5/c1-29-22(27)16-10-7-15(8-11-16)9-12-21(26)25-20(23(28)30-2)13-17-14-24-19-6-4-3-5-18(17)19/h3-12,14,20,24H,13H2,1-2H3,(H,25,26). The van der Waals surface area contributed by atoms with Gasteiger partial charge in [0.1, 0.15) is 6.04 Å². The SMILES string of the molecule is COC(=O)c1ccc(C=CC(=O)NC(Cc2c[nH]c3ccccc23)C(=O)OC)cc1. The fourth-order valence-corrected chi connectivity index (χ4v) is 3.10. The van der Waals surface area contributed by atoms with Crippen LogP contribution in [0.2, 0.25) is 0 Å². The van der Waals surface area contributed by atoms with Crippen LogP contribution in [0.15, 0.2) is 60.8 Å². The lowest BCUT2D eigenvalue weighted by Gasteiger charge is -2.15. The van der Waals surface area contributed by atoms with Crippen molar-refractivity contribution in [3.63, 3.8) is 0 Å². The Morgan fingerprint density at radius 3 is 2.47 bits per heavy atom. The molecule has 0 aliphatic carbocycles. The fraction of sp³-hybridized carbons (Fsp3) is 0.174. The summed E-state index contributed by atoms with van der Waals surface area (Å²) in [7, 11) is 2.60. The van der Waals surface area contributed by atoms with Gasteiger partial charge in [0.25, 0.3) is 0 Å². The molecule has 1 unspecified atom stereocenters. The second kappa shape index (κ2) is 9.56. The number of H-pyrrole nitrogens is 1. The first kappa shape index (κ1) is 20.9. The van der Waals surface area contributed by atoms with Crippen LogP contribution in [0.25, 0.3) is 17.0 Å². The molecule has 0 fully saturated rings. The van der Waals surface area contributed by atoms with Crippen LogP contribution in [0.5, 0.6) is 0 Å². The van der Waals surface area contributed by atoms with E-state index in [-0.39, 0.29) is 0 Å². The Morgan fingerprint density at radius 1 is 1.03 bits per heavy atom. The van der Waals surface area contributed by atoms with Crippen LogP contribution in [0.3, 0.4) is 0 Å². The Kier molecular flexibility index (Phi) is 6.64. The molecule has 2 N–H and O–H groups in total. The smallest absolute Gasteiger partial charge is 0.337 e. The lowest BCUT2D eigenvalue weighted by Crippen LogP contribution is -2.42. The number of hydrogen-bond donors (Lipinski definition) is 2. The topological polar surface area (TPSA) is 97.5 Å². The number of ether oxygens (including phenoxy) is 2. The van der Waals surface area contributed by atoms with Crippen LogP contribution in [0.1, 0.15) is 21.5 Å². The van der Waals surface area contributed by atoms with Gasteiger partial charge >= 0.3 is 11.9 Å². The second-order valence-electron chi connectivity index (χ2n) is 6.59. The van der Waals surface area contributed by atoms with Crippen molar-refractivity contribution in [2.45, 2.75) is 12.5 Å². The molecule has 0 saturated heterocycles. The van der Waals surface area contributed by atoms with Crippen molar-refractivity contribution >= 4 is 34.8 Å². The number of benzene rings is 2. The predicted molar refractivity (Wildman–Crippen MR) is 113 cm³/mol. The maximum absolute atomic E-state index is 12.4. The fourth-order valence-electron chi connectivity index (χ4n) is 3.10. The molecule has 0 spiro atoms. The molecular weight excluding hydrogens is 384 g/mol. The number of hydrogen-bond acceptors (Lipinski definition) is 5. The Morgan fingerprint density at radius 2 is 1.77 bits per heavy atom. The number of methoxy groups -OCH3 is 2. The molecule has 7 nitrogen and oxygen atoms in total. The van der Waals surface area contributed by atoms with E-state index in [1.807, 2.05) is 30.5 Å². The number of nitrogens with one attached hydrogen (secondary N) is 2. The zero-order chi connectivity index (χ0) is 21.5. The van der Waals surface area contributed by atoms with Crippen LogP contribution in [-0.2, 0) is 25.5 Å². The molecule has 1 amide bonds. The summed E-state index contributed by atoms with van der Waals surface area (Å²) in [5.41, 5.74) is 3.01. The minimum atomic E-state index is -0.826. The average Bonchev–Trinajstić information content (AvgIpc) is 3.19. The van der Waals surface area contributed by atoms with E-state index in [0.29, 0.717) is 12.0 Å². The summed E-state index contributed by atoms with van der Waals surface area (Å²) in [6.45, 7) is 0. The largest absolute Gasteiger partial charge is 0.467 e. The highest BCUT2D eigenvalue weighted by Gasteiger charge is 2.22.